The lowest BCUT2D eigenvalue weighted by Crippen LogP contribution is -2.80. The maximum atomic E-state index is 12.6. The number of hydrogen-bond donors (Lipinski definition) is 1. The van der Waals surface area contributed by atoms with Gasteiger partial charge in [0.2, 0.25) is 5.79 Å². The Hall–Kier alpha value is -8.78. The number of hydrogen-bond acceptors (Lipinski definition) is 31. The Kier molecular flexibility index (Phi) is 32.2. The SMILES string of the molecule is CC1C(O[C@@H]2OCC3(COCc4ccccc4)O[C@@H](c4ccccc4)O[C@H]23)[C@H](OCc2ccccc2)CO[C@H]1O[C@H]1C(C)O[C@@H](C2(C)OC3C(C)[C@@H](N=[N+]=[N-])C(COCc4ccccc4)O[C@H]32)C2OC(C)(C)OC21.CC1C(O[C@@H]2OCC3(COCc4ccccc4)O[C@@H](c4ccccc4)O[C@H]23)[C@H](OCc2ccccc2)CO[C@H]1O[C@H]1C(C)O[C@@H]([C@]2(O)OC3C(C)[C@@H](N=[N+]=[N-])C(COCc4ccccc4)O[C@H]32)C2OC(C)(C)OC21. The number of aliphatic hydroxyl groups is 1. The highest BCUT2D eigenvalue weighted by Gasteiger charge is 2.74. The zero-order valence-electron chi connectivity index (χ0n) is 85.2. The third kappa shape index (κ3) is 22.1. The molecular weight excluding hydrogens is 1910 g/mol. The van der Waals surface area contributed by atoms with E-state index in [1.54, 1.807) is 0 Å². The maximum Gasteiger partial charge on any atom is 0.225 e. The fourth-order valence-corrected chi connectivity index (χ4v) is 23.5. The molecule has 8 aromatic rings. The van der Waals surface area contributed by atoms with Gasteiger partial charge in [0.25, 0.3) is 0 Å². The van der Waals surface area contributed by atoms with E-state index in [1.807, 2.05) is 319 Å². The van der Waals surface area contributed by atoms with Crippen molar-refractivity contribution in [3.05, 3.63) is 308 Å². The van der Waals surface area contributed by atoms with Gasteiger partial charge in [-0.15, -0.1) is 0 Å². The van der Waals surface area contributed by atoms with E-state index in [-0.39, 0.29) is 70.8 Å². The molecule has 0 saturated carbocycles. The number of nitrogens with zero attached hydrogens (tertiary/aromatic N) is 6. The van der Waals surface area contributed by atoms with Crippen molar-refractivity contribution in [3.8, 4) is 0 Å². The second-order valence-electron chi connectivity index (χ2n) is 42.5. The first kappa shape index (κ1) is 105. The predicted molar refractivity (Wildman–Crippen MR) is 528 cm³/mol. The molecule has 0 radical (unpaired) electrons. The second kappa shape index (κ2) is 45.5. The maximum absolute atomic E-state index is 12.6. The van der Waals surface area contributed by atoms with Crippen LogP contribution in [-0.2, 0) is 172 Å². The zero-order chi connectivity index (χ0) is 102. The molecule has 0 aromatic heterocycles. The lowest BCUT2D eigenvalue weighted by molar-refractivity contribution is -0.465. The summed E-state index contributed by atoms with van der Waals surface area (Å²) in [5.74, 6) is -5.38. The lowest BCUT2D eigenvalue weighted by atomic mass is 9.70. The Morgan fingerprint density at radius 2 is 0.649 bits per heavy atom. The van der Waals surface area contributed by atoms with E-state index in [0.29, 0.717) is 39.6 Å². The van der Waals surface area contributed by atoms with Gasteiger partial charge in [-0.1, -0.05) is 281 Å². The highest BCUT2D eigenvalue weighted by Crippen LogP contribution is 2.57. The molecule has 35 nitrogen and oxygen atoms in total. The van der Waals surface area contributed by atoms with Gasteiger partial charge < -0.3 is 138 Å². The van der Waals surface area contributed by atoms with Crippen LogP contribution in [0.2, 0.25) is 0 Å². The molecule has 14 aliphatic rings. The van der Waals surface area contributed by atoms with E-state index < -0.39 is 224 Å². The molecule has 35 heteroatoms. The van der Waals surface area contributed by atoms with Crippen LogP contribution in [0.4, 0.5) is 0 Å². The van der Waals surface area contributed by atoms with Crippen LogP contribution in [0, 0.1) is 23.7 Å². The molecule has 0 spiro atoms. The predicted octanol–water partition coefficient (Wildman–Crippen LogP) is 16.0. The van der Waals surface area contributed by atoms with Crippen LogP contribution < -0.4 is 0 Å². The molecule has 14 aliphatic heterocycles. The van der Waals surface area contributed by atoms with Crippen LogP contribution in [0.3, 0.4) is 0 Å². The van der Waals surface area contributed by atoms with E-state index in [9.17, 15) is 16.2 Å². The van der Waals surface area contributed by atoms with Crippen molar-refractivity contribution in [1.82, 2.24) is 0 Å². The molecule has 19 unspecified atom stereocenters. The van der Waals surface area contributed by atoms with Crippen molar-refractivity contribution in [1.29, 1.82) is 0 Å². The molecule has 22 rings (SSSR count). The van der Waals surface area contributed by atoms with E-state index in [1.165, 1.54) is 0 Å². The van der Waals surface area contributed by atoms with Crippen molar-refractivity contribution in [3.63, 3.8) is 0 Å². The van der Waals surface area contributed by atoms with Crippen LogP contribution in [-0.4, -0.2) is 264 Å². The number of benzene rings is 8. The normalized spacial score (nSPS) is 40.1. The van der Waals surface area contributed by atoms with E-state index in [2.05, 4.69) is 20.1 Å². The fraction of sp³-hybridized carbons (Fsp3) is 0.575. The largest absolute Gasteiger partial charge is 0.374 e. The first-order valence-electron chi connectivity index (χ1n) is 52.0. The van der Waals surface area contributed by atoms with Crippen LogP contribution >= 0.6 is 0 Å². The summed E-state index contributed by atoms with van der Waals surface area (Å²) in [6, 6.07) is 78.3. The summed E-state index contributed by atoms with van der Waals surface area (Å²) in [6.07, 6.45) is -18.8. The minimum atomic E-state index is -1.96. The Morgan fingerprint density at radius 1 is 0.324 bits per heavy atom. The molecule has 1 N–H and O–H groups in total. The Bertz CT molecular complexity index is 5370. The molecule has 0 amide bonds. The molecule has 14 fully saturated rings. The highest BCUT2D eigenvalue weighted by molar-refractivity contribution is 5.26. The van der Waals surface area contributed by atoms with Crippen LogP contribution in [0.1, 0.15) is 133 Å². The van der Waals surface area contributed by atoms with Gasteiger partial charge in [-0.3, -0.25) is 0 Å². The molecule has 8 aromatic carbocycles. The van der Waals surface area contributed by atoms with Gasteiger partial charge in [0.15, 0.2) is 49.3 Å². The molecular formula is C113H136N6O29. The minimum Gasteiger partial charge on any atom is -0.374 e. The molecule has 14 heterocycles. The average molecular weight is 2040 g/mol. The Morgan fingerprint density at radius 3 is 1.04 bits per heavy atom. The first-order valence-corrected chi connectivity index (χ1v) is 52.0. The molecule has 792 valence electrons. The zero-order valence-corrected chi connectivity index (χ0v) is 85.2. The van der Waals surface area contributed by atoms with Crippen molar-refractivity contribution < 1.29 is 138 Å². The van der Waals surface area contributed by atoms with Gasteiger partial charge in [0.05, 0.1) is 153 Å². The summed E-state index contributed by atoms with van der Waals surface area (Å²) in [5.41, 5.74) is 24.1. The summed E-state index contributed by atoms with van der Waals surface area (Å²) in [5, 5.41) is 20.8. The van der Waals surface area contributed by atoms with Crippen molar-refractivity contribution >= 4 is 0 Å². The molecule has 38 atom stereocenters. The monoisotopic (exact) mass is 2040 g/mol. The summed E-state index contributed by atoms with van der Waals surface area (Å²) >= 11 is 0. The van der Waals surface area contributed by atoms with Gasteiger partial charge in [0.1, 0.15) is 102 Å². The Labute approximate surface area is 862 Å². The summed E-state index contributed by atoms with van der Waals surface area (Å²) in [6.45, 7) is 24.8. The number of azide groups is 2. The fourth-order valence-electron chi connectivity index (χ4n) is 23.5. The number of ether oxygens (including phenoxy) is 28. The van der Waals surface area contributed by atoms with Gasteiger partial charge in [-0.25, -0.2) is 0 Å². The lowest BCUT2D eigenvalue weighted by Gasteiger charge is -2.63. The quantitative estimate of drug-likeness (QED) is 0.0216. The molecule has 14 saturated heterocycles. The van der Waals surface area contributed by atoms with Gasteiger partial charge in [0, 0.05) is 32.8 Å². The van der Waals surface area contributed by atoms with Crippen molar-refractivity contribution in [2.75, 3.05) is 52.9 Å². The minimum absolute atomic E-state index is 0.119. The highest BCUT2D eigenvalue weighted by atomic mass is 16.8. The summed E-state index contributed by atoms with van der Waals surface area (Å²) < 4.78 is 187. The standard InChI is InChI=1S/C57H69N3O14.C56H67N3O15/c1-34-43(59-60-58)41(30-61-27-37-19-11-7-12-20-37)67-49-45(34)73-56(49,6)50-48-47(71-55(4,5)72-48)46(36(3)66-50)69-52-35(2)44(42(31-64-52)63-29-39-23-15-9-16-24-39)68-54-51-57(33-65-54,32-62-28-38-21-13-8-14-22-38)74-53(70-51)40-25-17-10-18-26-40;1-33-42(58-59-57)40(29-61-26-36-18-10-6-11-19-36)67-48-44(33)73-56(48,60)49-47-46(71-54(4,5)72-47)45(35(3)66-49)69-51-34(2)43(41(30-64-51)63-28-38-22-14-8-15-23-38)68-53-50-55(32-65-53,31-62-27-37-20-12-7-13-21-37)74-52(70-50)39-24-16-9-17-25-39/h7-26,34-36,41-54H,27-33H2,1-6H3;6-25,33-35,40-53,60H,26-32H2,1-5H3/t34?,35?,36?,41?,42-,43-,44?,45?,46+,47?,48?,49-,50-,51-,52+,53+,54+,56?,57?;33?,34?,35?,40?,41-,42-,43?,44?,45+,46?,47?,48-,49-,50-,51+,52+,53+,55?,56-/m11/s1. The van der Waals surface area contributed by atoms with Crippen molar-refractivity contribution in [2.24, 2.45) is 33.9 Å². The van der Waals surface area contributed by atoms with Gasteiger partial charge >= 0.3 is 0 Å². The number of fused-ring (bicyclic) bond motifs is 6. The topological polar surface area (TPSA) is 376 Å². The molecule has 0 bridgehead atoms. The molecule has 0 aliphatic carbocycles. The second-order valence-corrected chi connectivity index (χ2v) is 42.5. The Balaban J connectivity index is 0.000000173. The third-order valence-electron chi connectivity index (χ3n) is 31.2. The molecule has 148 heavy (non-hydrogen) atoms. The average Bonchev–Trinajstić information content (AvgIpc) is 1.12. The van der Waals surface area contributed by atoms with Crippen molar-refractivity contribution in [2.45, 2.75) is 334 Å². The van der Waals surface area contributed by atoms with Crippen LogP contribution in [0.5, 0.6) is 0 Å². The first-order chi connectivity index (χ1) is 71.8. The van der Waals surface area contributed by atoms with E-state index in [4.69, 9.17) is 133 Å². The smallest absolute Gasteiger partial charge is 0.225 e. The van der Waals surface area contributed by atoms with E-state index in [0.717, 1.165) is 44.5 Å². The third-order valence-corrected chi connectivity index (χ3v) is 31.2. The summed E-state index contributed by atoms with van der Waals surface area (Å²) in [7, 11) is 0. The summed E-state index contributed by atoms with van der Waals surface area (Å²) in [4.78, 5) is 6.30. The van der Waals surface area contributed by atoms with Crippen LogP contribution in [0.15, 0.2) is 253 Å². The van der Waals surface area contributed by atoms with E-state index >= 15 is 0 Å². The van der Waals surface area contributed by atoms with Crippen LogP contribution in [0.25, 0.3) is 20.9 Å². The van der Waals surface area contributed by atoms with Gasteiger partial charge in [-0.2, -0.15) is 0 Å². The van der Waals surface area contributed by atoms with Gasteiger partial charge in [-0.05, 0) is 105 Å². The number of rotatable bonds is 36.